The van der Waals surface area contributed by atoms with Crippen molar-refractivity contribution in [3.05, 3.63) is 16.3 Å². The molecular formula is C14H24N2O2S2. The van der Waals surface area contributed by atoms with Crippen LogP contribution in [0.3, 0.4) is 0 Å². The van der Waals surface area contributed by atoms with Crippen molar-refractivity contribution in [2.24, 2.45) is 5.41 Å². The number of nitrogens with one attached hydrogen (secondary N) is 1. The second-order valence-electron chi connectivity index (χ2n) is 5.81. The molecule has 2 rings (SSSR count). The van der Waals surface area contributed by atoms with Gasteiger partial charge in [-0.2, -0.15) is 4.31 Å². The molecule has 1 N–H and O–H groups in total. The van der Waals surface area contributed by atoms with Crippen molar-refractivity contribution >= 4 is 21.4 Å². The third kappa shape index (κ3) is 3.08. The molecular weight excluding hydrogens is 292 g/mol. The molecule has 1 saturated heterocycles. The van der Waals surface area contributed by atoms with Gasteiger partial charge in [0.2, 0.25) is 10.0 Å². The fraction of sp³-hybridized carbons (Fsp3) is 0.714. The van der Waals surface area contributed by atoms with Crippen LogP contribution in [-0.4, -0.2) is 32.9 Å². The van der Waals surface area contributed by atoms with Gasteiger partial charge in [-0.3, -0.25) is 0 Å². The topological polar surface area (TPSA) is 49.4 Å². The van der Waals surface area contributed by atoms with E-state index in [0.29, 0.717) is 29.9 Å². The van der Waals surface area contributed by atoms with Crippen LogP contribution in [0.15, 0.2) is 16.3 Å². The van der Waals surface area contributed by atoms with E-state index in [1.165, 1.54) is 11.3 Å². The highest BCUT2D eigenvalue weighted by Gasteiger charge is 2.35. The van der Waals surface area contributed by atoms with Crippen molar-refractivity contribution < 1.29 is 8.42 Å². The normalized spacial score (nSPS) is 20.1. The van der Waals surface area contributed by atoms with Crippen LogP contribution in [0.5, 0.6) is 0 Å². The minimum atomic E-state index is -3.33. The van der Waals surface area contributed by atoms with Gasteiger partial charge in [0, 0.05) is 24.5 Å². The van der Waals surface area contributed by atoms with Gasteiger partial charge in [-0.05, 0) is 36.8 Å². The Bertz CT molecular complexity index is 543. The zero-order valence-electron chi connectivity index (χ0n) is 12.5. The molecule has 0 aromatic carbocycles. The summed E-state index contributed by atoms with van der Waals surface area (Å²) in [7, 11) is -1.49. The molecule has 2 heterocycles. The average molecular weight is 316 g/mol. The monoisotopic (exact) mass is 316 g/mol. The second-order valence-corrected chi connectivity index (χ2v) is 8.71. The summed E-state index contributed by atoms with van der Waals surface area (Å²) in [4.78, 5) is 1.38. The number of rotatable bonds is 5. The van der Waals surface area contributed by atoms with Crippen LogP contribution in [-0.2, 0) is 16.6 Å². The molecule has 0 radical (unpaired) electrons. The summed E-state index contributed by atoms with van der Waals surface area (Å²) in [5, 5.41) is 4.90. The van der Waals surface area contributed by atoms with Crippen molar-refractivity contribution in [2.75, 3.05) is 20.1 Å². The van der Waals surface area contributed by atoms with Gasteiger partial charge in [0.1, 0.15) is 0 Å². The van der Waals surface area contributed by atoms with Gasteiger partial charge in [-0.15, -0.1) is 11.3 Å². The van der Waals surface area contributed by atoms with E-state index in [-0.39, 0.29) is 0 Å². The number of thiophene rings is 1. The Morgan fingerprint density at radius 2 is 2.05 bits per heavy atom. The number of piperidine rings is 1. The maximum atomic E-state index is 12.7. The summed E-state index contributed by atoms with van der Waals surface area (Å²) in [5.74, 6) is 0. The van der Waals surface area contributed by atoms with Crippen LogP contribution in [0, 0.1) is 5.41 Å². The lowest BCUT2D eigenvalue weighted by atomic mass is 9.79. The maximum absolute atomic E-state index is 12.7. The Labute approximate surface area is 126 Å². The van der Waals surface area contributed by atoms with E-state index in [9.17, 15) is 8.42 Å². The van der Waals surface area contributed by atoms with Crippen molar-refractivity contribution in [1.82, 2.24) is 9.62 Å². The Balaban J connectivity index is 2.18. The lowest BCUT2D eigenvalue weighted by molar-refractivity contribution is 0.169. The molecule has 0 amide bonds. The predicted octanol–water partition coefficient (Wildman–Crippen LogP) is 2.67. The van der Waals surface area contributed by atoms with Crippen LogP contribution in [0.2, 0.25) is 0 Å². The smallest absolute Gasteiger partial charge is 0.244 e. The summed E-state index contributed by atoms with van der Waals surface area (Å²) < 4.78 is 27.2. The molecule has 0 atom stereocenters. The molecule has 0 saturated carbocycles. The number of nitrogens with zero attached hydrogens (tertiary/aromatic N) is 1. The van der Waals surface area contributed by atoms with E-state index >= 15 is 0 Å². The summed E-state index contributed by atoms with van der Waals surface area (Å²) in [6.07, 6.45) is 3.02. The molecule has 1 aromatic rings. The Kier molecular flexibility index (Phi) is 4.89. The molecule has 4 nitrogen and oxygen atoms in total. The van der Waals surface area contributed by atoms with E-state index in [2.05, 4.69) is 19.2 Å². The zero-order chi connectivity index (χ0) is 14.8. The van der Waals surface area contributed by atoms with Crippen molar-refractivity contribution in [3.8, 4) is 0 Å². The summed E-state index contributed by atoms with van der Waals surface area (Å²) in [6.45, 7) is 6.33. The summed E-state index contributed by atoms with van der Waals surface area (Å²) in [6, 6.07) is 1.74. The first-order valence-electron chi connectivity index (χ1n) is 7.14. The number of hydrogen-bond donors (Lipinski definition) is 1. The van der Waals surface area contributed by atoms with E-state index < -0.39 is 10.0 Å². The minimum Gasteiger partial charge on any atom is -0.315 e. The second kappa shape index (κ2) is 6.13. The molecule has 114 valence electrons. The van der Waals surface area contributed by atoms with Gasteiger partial charge in [0.15, 0.2) is 0 Å². The summed E-state index contributed by atoms with van der Waals surface area (Å²) in [5.41, 5.74) is 0.300. The molecule has 0 aliphatic carbocycles. The third-order valence-electron chi connectivity index (χ3n) is 4.44. The van der Waals surface area contributed by atoms with Gasteiger partial charge in [0.05, 0.1) is 4.90 Å². The largest absolute Gasteiger partial charge is 0.315 e. The lowest BCUT2D eigenvalue weighted by Crippen LogP contribution is -2.42. The molecule has 1 aliphatic rings. The highest BCUT2D eigenvalue weighted by molar-refractivity contribution is 7.89. The van der Waals surface area contributed by atoms with Gasteiger partial charge in [-0.1, -0.05) is 20.3 Å². The van der Waals surface area contributed by atoms with Gasteiger partial charge in [-0.25, -0.2) is 8.42 Å². The highest BCUT2D eigenvalue weighted by atomic mass is 32.2. The molecule has 1 fully saturated rings. The fourth-order valence-corrected chi connectivity index (χ4v) is 5.48. The summed E-state index contributed by atoms with van der Waals surface area (Å²) >= 11 is 1.50. The minimum absolute atomic E-state index is 0.300. The first-order valence-corrected chi connectivity index (χ1v) is 9.46. The SMILES string of the molecule is CCC1(C)CCN(S(=O)(=O)c2ccsc2CNC)CC1. The van der Waals surface area contributed by atoms with Crippen molar-refractivity contribution in [1.29, 1.82) is 0 Å². The fourth-order valence-electron chi connectivity index (χ4n) is 2.61. The highest BCUT2D eigenvalue weighted by Crippen LogP contribution is 2.36. The molecule has 20 heavy (non-hydrogen) atoms. The van der Waals surface area contributed by atoms with Gasteiger partial charge >= 0.3 is 0 Å². The van der Waals surface area contributed by atoms with Crippen molar-refractivity contribution in [3.63, 3.8) is 0 Å². The lowest BCUT2D eigenvalue weighted by Gasteiger charge is -2.38. The van der Waals surface area contributed by atoms with Gasteiger partial charge in [0.25, 0.3) is 0 Å². The standard InChI is InChI=1S/C14H24N2O2S2/c1-4-14(2)6-8-16(9-7-14)20(17,18)13-5-10-19-12(13)11-15-3/h5,10,15H,4,6-9,11H2,1-3H3. The van der Waals surface area contributed by atoms with E-state index in [0.717, 1.165) is 24.1 Å². The van der Waals surface area contributed by atoms with E-state index in [4.69, 9.17) is 0 Å². The Morgan fingerprint density at radius 3 is 2.60 bits per heavy atom. The zero-order valence-corrected chi connectivity index (χ0v) is 14.1. The predicted molar refractivity (Wildman–Crippen MR) is 83.5 cm³/mol. The van der Waals surface area contributed by atoms with E-state index in [1.807, 2.05) is 12.4 Å². The van der Waals surface area contributed by atoms with Crippen molar-refractivity contribution in [2.45, 2.75) is 44.6 Å². The maximum Gasteiger partial charge on any atom is 0.244 e. The number of hydrogen-bond acceptors (Lipinski definition) is 4. The molecule has 6 heteroatoms. The van der Waals surface area contributed by atoms with Crippen LogP contribution in [0.25, 0.3) is 0 Å². The molecule has 1 aromatic heterocycles. The van der Waals surface area contributed by atoms with Gasteiger partial charge < -0.3 is 5.32 Å². The first-order chi connectivity index (χ1) is 9.43. The quantitative estimate of drug-likeness (QED) is 0.908. The van der Waals surface area contributed by atoms with Crippen LogP contribution in [0.4, 0.5) is 0 Å². The molecule has 0 spiro atoms. The average Bonchev–Trinajstić information content (AvgIpc) is 2.89. The molecule has 0 bridgehead atoms. The Hall–Kier alpha value is -0.430. The third-order valence-corrected chi connectivity index (χ3v) is 7.48. The van der Waals surface area contributed by atoms with E-state index in [1.54, 1.807) is 10.4 Å². The van der Waals surface area contributed by atoms with Crippen LogP contribution < -0.4 is 5.32 Å². The number of sulfonamides is 1. The van der Waals surface area contributed by atoms with Crippen LogP contribution >= 0.6 is 11.3 Å². The van der Waals surface area contributed by atoms with Crippen LogP contribution in [0.1, 0.15) is 38.0 Å². The Morgan fingerprint density at radius 1 is 1.40 bits per heavy atom. The molecule has 0 unspecified atom stereocenters. The molecule has 1 aliphatic heterocycles. The first kappa shape index (κ1) is 15.9.